The maximum atomic E-state index is 12.2. The summed E-state index contributed by atoms with van der Waals surface area (Å²) in [5.74, 6) is -0.149. The van der Waals surface area contributed by atoms with Crippen LogP contribution in [-0.2, 0) is 0 Å². The molecule has 1 aromatic carbocycles. The fourth-order valence-electron chi connectivity index (χ4n) is 1.93. The highest BCUT2D eigenvalue weighted by Gasteiger charge is 2.17. The number of benzene rings is 1. The highest BCUT2D eigenvalue weighted by atomic mass is 16.1. The van der Waals surface area contributed by atoms with Crippen molar-refractivity contribution in [2.75, 3.05) is 5.73 Å². The van der Waals surface area contributed by atoms with E-state index in [2.05, 4.69) is 10.3 Å². The highest BCUT2D eigenvalue weighted by Crippen LogP contribution is 2.25. The van der Waals surface area contributed by atoms with Crippen molar-refractivity contribution in [3.63, 3.8) is 0 Å². The zero-order chi connectivity index (χ0) is 15.3. The quantitative estimate of drug-likeness (QED) is 0.882. The number of carbonyl (C=O) groups is 1. The predicted molar refractivity (Wildman–Crippen MR) is 84.8 cm³/mol. The number of rotatable bonds is 2. The molecule has 1 heterocycles. The zero-order valence-electron chi connectivity index (χ0n) is 12.8. The van der Waals surface area contributed by atoms with Gasteiger partial charge in [-0.15, -0.1) is 0 Å². The second kappa shape index (κ2) is 6.89. The molecule has 108 valence electrons. The van der Waals surface area contributed by atoms with Gasteiger partial charge in [0.25, 0.3) is 5.91 Å². The van der Waals surface area contributed by atoms with Crippen LogP contribution in [0.1, 0.15) is 43.7 Å². The number of aromatic nitrogens is 1. The standard InChI is InChI=1S/C14H17N3O.C2H6/c1-8(2)16-14(18)12-10-6-4-5-7-11(10)17-9(3)13(12)15;1-2/h4-8H,15H2,1-3H3,(H,16,18);1-2H3. The van der Waals surface area contributed by atoms with E-state index in [0.29, 0.717) is 16.9 Å². The van der Waals surface area contributed by atoms with Crippen molar-refractivity contribution in [3.8, 4) is 0 Å². The van der Waals surface area contributed by atoms with E-state index in [1.807, 2.05) is 58.9 Å². The minimum absolute atomic E-state index is 0.0733. The molecular weight excluding hydrogens is 250 g/mol. The van der Waals surface area contributed by atoms with Gasteiger partial charge in [-0.3, -0.25) is 9.78 Å². The number of para-hydroxylation sites is 1. The second-order valence-corrected chi connectivity index (χ2v) is 4.63. The molecule has 0 radical (unpaired) electrons. The van der Waals surface area contributed by atoms with Crippen molar-refractivity contribution >= 4 is 22.5 Å². The SMILES string of the molecule is CC.Cc1nc2ccccc2c(C(=O)NC(C)C)c1N. The lowest BCUT2D eigenvalue weighted by molar-refractivity contribution is 0.0945. The molecular formula is C16H23N3O. The number of pyridine rings is 1. The number of nitrogen functional groups attached to an aromatic ring is 1. The number of nitrogens with two attached hydrogens (primary N) is 1. The third-order valence-electron chi connectivity index (χ3n) is 2.77. The molecule has 0 spiro atoms. The molecule has 20 heavy (non-hydrogen) atoms. The van der Waals surface area contributed by atoms with E-state index in [1.54, 1.807) is 0 Å². The molecule has 1 aromatic heterocycles. The summed E-state index contributed by atoms with van der Waals surface area (Å²) in [6, 6.07) is 7.60. The molecule has 0 unspecified atom stereocenters. The second-order valence-electron chi connectivity index (χ2n) is 4.63. The fourth-order valence-corrected chi connectivity index (χ4v) is 1.93. The van der Waals surface area contributed by atoms with Crippen molar-refractivity contribution in [1.82, 2.24) is 10.3 Å². The van der Waals surface area contributed by atoms with Gasteiger partial charge < -0.3 is 11.1 Å². The number of carbonyl (C=O) groups excluding carboxylic acids is 1. The molecule has 0 aliphatic carbocycles. The van der Waals surface area contributed by atoms with E-state index in [0.717, 1.165) is 10.9 Å². The van der Waals surface area contributed by atoms with E-state index in [1.165, 1.54) is 0 Å². The molecule has 0 atom stereocenters. The van der Waals surface area contributed by atoms with Crippen LogP contribution in [0.25, 0.3) is 10.9 Å². The average Bonchev–Trinajstić information content (AvgIpc) is 2.41. The summed E-state index contributed by atoms with van der Waals surface area (Å²) in [5.41, 5.74) is 8.45. The number of nitrogens with one attached hydrogen (secondary N) is 1. The molecule has 0 bridgehead atoms. The molecule has 0 aliphatic rings. The Hall–Kier alpha value is -2.10. The maximum absolute atomic E-state index is 12.2. The Balaban J connectivity index is 0.000000956. The van der Waals surface area contributed by atoms with Crippen LogP contribution in [0.2, 0.25) is 0 Å². The van der Waals surface area contributed by atoms with Gasteiger partial charge in [0, 0.05) is 11.4 Å². The van der Waals surface area contributed by atoms with Crippen LogP contribution in [0, 0.1) is 6.92 Å². The number of anilines is 1. The largest absolute Gasteiger partial charge is 0.397 e. The summed E-state index contributed by atoms with van der Waals surface area (Å²) in [7, 11) is 0. The predicted octanol–water partition coefficient (Wildman–Crippen LogP) is 3.29. The van der Waals surface area contributed by atoms with Crippen molar-refractivity contribution in [2.24, 2.45) is 0 Å². The molecule has 2 aromatic rings. The van der Waals surface area contributed by atoms with Crippen LogP contribution in [-0.4, -0.2) is 16.9 Å². The first-order valence-corrected chi connectivity index (χ1v) is 6.96. The highest BCUT2D eigenvalue weighted by molar-refractivity contribution is 6.10. The minimum atomic E-state index is -0.149. The Morgan fingerprint density at radius 3 is 2.45 bits per heavy atom. The van der Waals surface area contributed by atoms with Gasteiger partial charge in [-0.05, 0) is 26.8 Å². The van der Waals surface area contributed by atoms with E-state index >= 15 is 0 Å². The first-order chi connectivity index (χ1) is 9.50. The van der Waals surface area contributed by atoms with Gasteiger partial charge in [0.2, 0.25) is 0 Å². The van der Waals surface area contributed by atoms with Gasteiger partial charge in [0.1, 0.15) is 0 Å². The number of nitrogens with zero attached hydrogens (tertiary/aromatic N) is 1. The van der Waals surface area contributed by atoms with Crippen molar-refractivity contribution in [1.29, 1.82) is 0 Å². The fraction of sp³-hybridized carbons (Fsp3) is 0.375. The van der Waals surface area contributed by atoms with Crippen LogP contribution in [0.4, 0.5) is 5.69 Å². The van der Waals surface area contributed by atoms with Crippen LogP contribution in [0.5, 0.6) is 0 Å². The van der Waals surface area contributed by atoms with Crippen LogP contribution < -0.4 is 11.1 Å². The monoisotopic (exact) mass is 273 g/mol. The van der Waals surface area contributed by atoms with E-state index in [4.69, 9.17) is 5.73 Å². The zero-order valence-corrected chi connectivity index (χ0v) is 12.8. The average molecular weight is 273 g/mol. The van der Waals surface area contributed by atoms with E-state index < -0.39 is 0 Å². The number of hydrogen-bond acceptors (Lipinski definition) is 3. The third kappa shape index (κ3) is 3.26. The van der Waals surface area contributed by atoms with Crippen LogP contribution in [0.3, 0.4) is 0 Å². The smallest absolute Gasteiger partial charge is 0.254 e. The van der Waals surface area contributed by atoms with Crippen LogP contribution >= 0.6 is 0 Å². The van der Waals surface area contributed by atoms with Crippen LogP contribution in [0.15, 0.2) is 24.3 Å². The van der Waals surface area contributed by atoms with E-state index in [9.17, 15) is 4.79 Å². The summed E-state index contributed by atoms with van der Waals surface area (Å²) in [6.07, 6.45) is 0. The first kappa shape index (κ1) is 16.0. The summed E-state index contributed by atoms with van der Waals surface area (Å²) >= 11 is 0. The van der Waals surface area contributed by atoms with Gasteiger partial charge in [-0.25, -0.2) is 0 Å². The molecule has 1 amide bonds. The number of hydrogen-bond donors (Lipinski definition) is 2. The lowest BCUT2D eigenvalue weighted by atomic mass is 10.0. The third-order valence-corrected chi connectivity index (χ3v) is 2.77. The van der Waals surface area contributed by atoms with Gasteiger partial charge >= 0.3 is 0 Å². The topological polar surface area (TPSA) is 68.0 Å². The summed E-state index contributed by atoms with van der Waals surface area (Å²) in [5, 5.41) is 3.66. The summed E-state index contributed by atoms with van der Waals surface area (Å²) < 4.78 is 0. The molecule has 0 saturated heterocycles. The lowest BCUT2D eigenvalue weighted by Crippen LogP contribution is -2.31. The molecule has 2 rings (SSSR count). The first-order valence-electron chi connectivity index (χ1n) is 6.96. The van der Waals surface area contributed by atoms with Gasteiger partial charge in [0.05, 0.1) is 22.5 Å². The Bertz CT molecular complexity index is 606. The van der Waals surface area contributed by atoms with Crippen molar-refractivity contribution in [3.05, 3.63) is 35.5 Å². The molecule has 3 N–H and O–H groups in total. The Labute approximate surface area is 120 Å². The Kier molecular flexibility index (Phi) is 5.50. The Morgan fingerprint density at radius 1 is 1.25 bits per heavy atom. The summed E-state index contributed by atoms with van der Waals surface area (Å²) in [6.45, 7) is 9.66. The van der Waals surface area contributed by atoms with E-state index in [-0.39, 0.29) is 11.9 Å². The molecule has 0 saturated carbocycles. The molecule has 0 aliphatic heterocycles. The van der Waals surface area contributed by atoms with Gasteiger partial charge in [0.15, 0.2) is 0 Å². The normalized spacial score (nSPS) is 10.1. The molecule has 4 nitrogen and oxygen atoms in total. The maximum Gasteiger partial charge on any atom is 0.254 e. The number of aryl methyl sites for hydroxylation is 1. The molecule has 4 heteroatoms. The summed E-state index contributed by atoms with van der Waals surface area (Å²) in [4.78, 5) is 16.6. The van der Waals surface area contributed by atoms with Gasteiger partial charge in [-0.1, -0.05) is 32.0 Å². The number of amides is 1. The lowest BCUT2D eigenvalue weighted by Gasteiger charge is -2.14. The van der Waals surface area contributed by atoms with Gasteiger partial charge in [-0.2, -0.15) is 0 Å². The van der Waals surface area contributed by atoms with Crippen molar-refractivity contribution in [2.45, 2.75) is 40.7 Å². The number of fused-ring (bicyclic) bond motifs is 1. The Morgan fingerprint density at radius 2 is 1.85 bits per heavy atom. The minimum Gasteiger partial charge on any atom is -0.397 e. The van der Waals surface area contributed by atoms with Crippen molar-refractivity contribution < 1.29 is 4.79 Å². The molecule has 0 fully saturated rings.